The number of rotatable bonds is 5. The van der Waals surface area contributed by atoms with Gasteiger partial charge in [0.2, 0.25) is 0 Å². The second kappa shape index (κ2) is 8.81. The van der Waals surface area contributed by atoms with Crippen LogP contribution in [0.2, 0.25) is 0 Å². The van der Waals surface area contributed by atoms with E-state index in [-0.39, 0.29) is 5.92 Å². The number of hydrogen-bond donors (Lipinski definition) is 0. The van der Waals surface area contributed by atoms with Gasteiger partial charge in [-0.05, 0) is 61.2 Å². The predicted molar refractivity (Wildman–Crippen MR) is 121 cm³/mol. The van der Waals surface area contributed by atoms with Gasteiger partial charge in [-0.25, -0.2) is 18.2 Å². The van der Waals surface area contributed by atoms with Crippen LogP contribution in [-0.4, -0.2) is 31.4 Å². The molecule has 0 saturated carbocycles. The standard InChI is InChI=1S/C25H22F3N5O/c1-15-13-32(14-29-15)21-7-5-16(10-22(21)34-2)6-8-23-30-31-25-18(4-3-9-33(23)25)17-11-19(26)24(28)20(27)12-17/h5-8,10-14,18H,3-4,9H2,1-2H3/b8-6+. The zero-order valence-corrected chi connectivity index (χ0v) is 18.7. The summed E-state index contributed by atoms with van der Waals surface area (Å²) >= 11 is 0. The highest BCUT2D eigenvalue weighted by atomic mass is 19.2. The molecule has 0 amide bonds. The summed E-state index contributed by atoms with van der Waals surface area (Å²) in [5.41, 5.74) is 3.05. The maximum Gasteiger partial charge on any atom is 0.194 e. The molecule has 4 aromatic rings. The van der Waals surface area contributed by atoms with Crippen molar-refractivity contribution in [1.82, 2.24) is 24.3 Å². The monoisotopic (exact) mass is 465 g/mol. The predicted octanol–water partition coefficient (Wildman–Crippen LogP) is 5.29. The molecule has 0 N–H and O–H groups in total. The topological polar surface area (TPSA) is 57.8 Å². The smallest absolute Gasteiger partial charge is 0.194 e. The molecular formula is C25H22F3N5O. The average Bonchev–Trinajstić information content (AvgIpc) is 3.46. The van der Waals surface area contributed by atoms with E-state index in [4.69, 9.17) is 4.74 Å². The maximum atomic E-state index is 13.8. The number of methoxy groups -OCH3 is 1. The molecule has 9 heteroatoms. The Balaban J connectivity index is 1.43. The zero-order chi connectivity index (χ0) is 23.8. The van der Waals surface area contributed by atoms with Gasteiger partial charge in [0.25, 0.3) is 0 Å². The van der Waals surface area contributed by atoms with Crippen LogP contribution in [-0.2, 0) is 6.54 Å². The van der Waals surface area contributed by atoms with E-state index in [1.54, 1.807) is 13.4 Å². The minimum atomic E-state index is -1.46. The molecule has 0 bridgehead atoms. The van der Waals surface area contributed by atoms with Crippen LogP contribution in [0.15, 0.2) is 42.9 Å². The molecule has 34 heavy (non-hydrogen) atoms. The summed E-state index contributed by atoms with van der Waals surface area (Å²) in [6, 6.07) is 7.91. The fourth-order valence-corrected chi connectivity index (χ4v) is 4.35. The van der Waals surface area contributed by atoms with Crippen molar-refractivity contribution in [1.29, 1.82) is 0 Å². The quantitative estimate of drug-likeness (QED) is 0.376. The SMILES string of the molecule is COc1cc(/C=C/c2nnc3n2CCCC3c2cc(F)c(F)c(F)c2)ccc1-n1cnc(C)c1. The van der Waals surface area contributed by atoms with E-state index in [9.17, 15) is 13.2 Å². The van der Waals surface area contributed by atoms with Crippen molar-refractivity contribution in [3.63, 3.8) is 0 Å². The minimum Gasteiger partial charge on any atom is -0.495 e. The first-order chi connectivity index (χ1) is 16.4. The summed E-state index contributed by atoms with van der Waals surface area (Å²) in [7, 11) is 1.62. The number of benzene rings is 2. The Labute approximate surface area is 194 Å². The zero-order valence-electron chi connectivity index (χ0n) is 18.7. The van der Waals surface area contributed by atoms with E-state index in [1.807, 2.05) is 52.6 Å². The van der Waals surface area contributed by atoms with Crippen LogP contribution in [0.3, 0.4) is 0 Å². The summed E-state index contributed by atoms with van der Waals surface area (Å²) in [6.45, 7) is 2.61. The normalized spacial score (nSPS) is 15.6. The Morgan fingerprint density at radius 3 is 2.56 bits per heavy atom. The molecule has 1 aliphatic heterocycles. The number of halogens is 3. The van der Waals surface area contributed by atoms with Gasteiger partial charge in [-0.1, -0.05) is 12.1 Å². The van der Waals surface area contributed by atoms with E-state index in [2.05, 4.69) is 15.2 Å². The number of aryl methyl sites for hydroxylation is 1. The van der Waals surface area contributed by atoms with Crippen molar-refractivity contribution < 1.29 is 17.9 Å². The van der Waals surface area contributed by atoms with E-state index >= 15 is 0 Å². The Morgan fingerprint density at radius 1 is 1.06 bits per heavy atom. The molecule has 0 radical (unpaired) electrons. The number of imidazole rings is 1. The average molecular weight is 465 g/mol. The molecule has 174 valence electrons. The lowest BCUT2D eigenvalue weighted by molar-refractivity contribution is 0.413. The third kappa shape index (κ3) is 3.98. The number of hydrogen-bond acceptors (Lipinski definition) is 4. The highest BCUT2D eigenvalue weighted by Crippen LogP contribution is 2.34. The Morgan fingerprint density at radius 2 is 1.85 bits per heavy atom. The summed E-state index contributed by atoms with van der Waals surface area (Å²) in [6.07, 6.45) is 8.85. The van der Waals surface area contributed by atoms with Crippen molar-refractivity contribution in [2.24, 2.45) is 0 Å². The summed E-state index contributed by atoms with van der Waals surface area (Å²) in [4.78, 5) is 4.26. The van der Waals surface area contributed by atoms with Crippen LogP contribution >= 0.6 is 0 Å². The Bertz CT molecular complexity index is 1370. The molecule has 3 heterocycles. The van der Waals surface area contributed by atoms with Crippen LogP contribution < -0.4 is 4.74 Å². The first kappa shape index (κ1) is 21.9. The van der Waals surface area contributed by atoms with Gasteiger partial charge in [0.1, 0.15) is 11.6 Å². The van der Waals surface area contributed by atoms with E-state index in [0.717, 1.165) is 35.5 Å². The van der Waals surface area contributed by atoms with E-state index in [1.165, 1.54) is 0 Å². The fraction of sp³-hybridized carbons (Fsp3) is 0.240. The first-order valence-corrected chi connectivity index (χ1v) is 10.9. The molecule has 0 saturated heterocycles. The van der Waals surface area contributed by atoms with Gasteiger partial charge in [-0.3, -0.25) is 0 Å². The van der Waals surface area contributed by atoms with Crippen LogP contribution in [0.1, 0.15) is 47.2 Å². The van der Waals surface area contributed by atoms with Crippen LogP contribution in [0.5, 0.6) is 5.75 Å². The Hall–Kier alpha value is -3.88. The van der Waals surface area contributed by atoms with Gasteiger partial charge in [0.15, 0.2) is 23.3 Å². The van der Waals surface area contributed by atoms with E-state index < -0.39 is 17.5 Å². The third-order valence-corrected chi connectivity index (χ3v) is 6.02. The molecule has 1 aliphatic rings. The molecular weight excluding hydrogens is 443 g/mol. The Kier molecular flexibility index (Phi) is 5.69. The van der Waals surface area contributed by atoms with Gasteiger partial charge in [0.05, 0.1) is 24.8 Å². The molecule has 1 unspecified atom stereocenters. The van der Waals surface area contributed by atoms with Crippen molar-refractivity contribution >= 4 is 12.2 Å². The van der Waals surface area contributed by atoms with Gasteiger partial charge < -0.3 is 13.9 Å². The molecule has 0 spiro atoms. The van der Waals surface area contributed by atoms with Crippen LogP contribution in [0, 0.1) is 24.4 Å². The summed E-state index contributed by atoms with van der Waals surface area (Å²) < 4.78 is 50.4. The van der Waals surface area contributed by atoms with Gasteiger partial charge >= 0.3 is 0 Å². The minimum absolute atomic E-state index is 0.356. The van der Waals surface area contributed by atoms with Gasteiger partial charge in [-0.2, -0.15) is 0 Å². The maximum absolute atomic E-state index is 13.8. The molecule has 6 nitrogen and oxygen atoms in total. The lowest BCUT2D eigenvalue weighted by Crippen LogP contribution is -2.18. The van der Waals surface area contributed by atoms with E-state index in [0.29, 0.717) is 35.9 Å². The van der Waals surface area contributed by atoms with Crippen LogP contribution in [0.25, 0.3) is 17.8 Å². The second-order valence-electron chi connectivity index (χ2n) is 8.25. The molecule has 2 aromatic carbocycles. The molecule has 2 aromatic heterocycles. The number of aromatic nitrogens is 5. The lowest BCUT2D eigenvalue weighted by Gasteiger charge is -2.23. The highest BCUT2D eigenvalue weighted by molar-refractivity contribution is 5.69. The summed E-state index contributed by atoms with van der Waals surface area (Å²) in [5, 5.41) is 8.57. The van der Waals surface area contributed by atoms with Gasteiger partial charge in [-0.15, -0.1) is 10.2 Å². The second-order valence-corrected chi connectivity index (χ2v) is 8.25. The lowest BCUT2D eigenvalue weighted by atomic mass is 9.90. The van der Waals surface area contributed by atoms with Crippen LogP contribution in [0.4, 0.5) is 13.2 Å². The van der Waals surface area contributed by atoms with Crippen molar-refractivity contribution in [2.45, 2.75) is 32.2 Å². The number of nitrogens with zero attached hydrogens (tertiary/aromatic N) is 5. The van der Waals surface area contributed by atoms with Gasteiger partial charge in [0, 0.05) is 18.7 Å². The van der Waals surface area contributed by atoms with Crippen molar-refractivity contribution in [3.05, 3.63) is 88.8 Å². The first-order valence-electron chi connectivity index (χ1n) is 10.9. The molecule has 1 atom stereocenters. The molecule has 5 rings (SSSR count). The van der Waals surface area contributed by atoms with Crippen molar-refractivity contribution in [3.8, 4) is 11.4 Å². The highest BCUT2D eigenvalue weighted by Gasteiger charge is 2.27. The van der Waals surface area contributed by atoms with Crippen molar-refractivity contribution in [2.75, 3.05) is 7.11 Å². The third-order valence-electron chi connectivity index (χ3n) is 6.02. The fourth-order valence-electron chi connectivity index (χ4n) is 4.35. The number of fused-ring (bicyclic) bond motifs is 1. The molecule has 0 fully saturated rings. The molecule has 0 aliphatic carbocycles. The number of ether oxygens (including phenoxy) is 1. The largest absolute Gasteiger partial charge is 0.495 e. The summed E-state index contributed by atoms with van der Waals surface area (Å²) in [5.74, 6) is -2.27.